The molecule has 0 aromatic carbocycles. The molecular formula is C14H20N4O. The molecule has 5 nitrogen and oxygen atoms in total. The van der Waals surface area contributed by atoms with E-state index < -0.39 is 0 Å². The van der Waals surface area contributed by atoms with Crippen LogP contribution >= 0.6 is 0 Å². The van der Waals surface area contributed by atoms with E-state index in [1.54, 1.807) is 0 Å². The van der Waals surface area contributed by atoms with Crippen LogP contribution in [-0.2, 0) is 6.54 Å². The molecule has 0 unspecified atom stereocenters. The first-order valence-electron chi connectivity index (χ1n) is 6.56. The van der Waals surface area contributed by atoms with Gasteiger partial charge in [0, 0.05) is 30.1 Å². The van der Waals surface area contributed by atoms with Crippen LogP contribution in [0.5, 0.6) is 11.8 Å². The van der Waals surface area contributed by atoms with Crippen molar-refractivity contribution in [2.75, 3.05) is 6.54 Å². The Hall–Kier alpha value is -1.88. The highest BCUT2D eigenvalue weighted by molar-refractivity contribution is 5.27. The Morgan fingerprint density at radius 2 is 2.11 bits per heavy atom. The van der Waals surface area contributed by atoms with Crippen LogP contribution in [0.15, 0.2) is 18.2 Å². The Kier molecular flexibility index (Phi) is 4.52. The van der Waals surface area contributed by atoms with Crippen LogP contribution in [0.2, 0.25) is 0 Å². The molecule has 0 amide bonds. The standard InChI is InChI=1S/C14H20N4O/c1-4-7-15-9-12-5-6-13(16-11(12)3)19-14-8-10(2)17-18-14/h5-6,8,15H,4,7,9H2,1-3H3,(H,17,18). The zero-order chi connectivity index (χ0) is 13.7. The van der Waals surface area contributed by atoms with Gasteiger partial charge in [-0.15, -0.1) is 5.10 Å². The molecule has 0 saturated carbocycles. The third-order valence-electron chi connectivity index (χ3n) is 2.80. The molecule has 0 fully saturated rings. The molecule has 0 aliphatic carbocycles. The Morgan fingerprint density at radius 1 is 1.26 bits per heavy atom. The van der Waals surface area contributed by atoms with Gasteiger partial charge in [0.2, 0.25) is 11.8 Å². The van der Waals surface area contributed by atoms with Gasteiger partial charge in [0.15, 0.2) is 0 Å². The lowest BCUT2D eigenvalue weighted by atomic mass is 10.2. The summed E-state index contributed by atoms with van der Waals surface area (Å²) in [5, 5.41) is 10.2. The topological polar surface area (TPSA) is 62.8 Å². The van der Waals surface area contributed by atoms with E-state index in [1.807, 2.05) is 32.0 Å². The lowest BCUT2D eigenvalue weighted by molar-refractivity contribution is 0.441. The summed E-state index contributed by atoms with van der Waals surface area (Å²) >= 11 is 0. The van der Waals surface area contributed by atoms with Crippen molar-refractivity contribution < 1.29 is 4.74 Å². The van der Waals surface area contributed by atoms with E-state index in [0.29, 0.717) is 11.8 Å². The number of ether oxygens (including phenoxy) is 1. The van der Waals surface area contributed by atoms with Gasteiger partial charge in [-0.1, -0.05) is 13.0 Å². The molecule has 0 aliphatic heterocycles. The molecule has 0 aliphatic rings. The molecule has 0 bridgehead atoms. The second-order valence-electron chi connectivity index (χ2n) is 4.56. The molecular weight excluding hydrogens is 240 g/mol. The first-order valence-corrected chi connectivity index (χ1v) is 6.56. The number of H-pyrrole nitrogens is 1. The number of nitrogens with zero attached hydrogens (tertiary/aromatic N) is 2. The Balaban J connectivity index is 2.01. The molecule has 5 heteroatoms. The summed E-state index contributed by atoms with van der Waals surface area (Å²) in [4.78, 5) is 4.44. The fraction of sp³-hybridized carbons (Fsp3) is 0.429. The number of pyridine rings is 1. The van der Waals surface area contributed by atoms with Crippen LogP contribution in [0.1, 0.15) is 30.3 Å². The average Bonchev–Trinajstić information content (AvgIpc) is 2.78. The van der Waals surface area contributed by atoms with Crippen molar-refractivity contribution in [3.63, 3.8) is 0 Å². The van der Waals surface area contributed by atoms with Crippen LogP contribution in [0.4, 0.5) is 0 Å². The lowest BCUT2D eigenvalue weighted by Gasteiger charge is -2.08. The summed E-state index contributed by atoms with van der Waals surface area (Å²) in [6.45, 7) is 7.94. The SMILES string of the molecule is CCCNCc1ccc(Oc2cc(C)[nH]n2)nc1C. The smallest absolute Gasteiger partial charge is 0.240 e. The van der Waals surface area contributed by atoms with Crippen molar-refractivity contribution in [2.45, 2.75) is 33.7 Å². The molecule has 0 radical (unpaired) electrons. The predicted molar refractivity (Wildman–Crippen MR) is 74.4 cm³/mol. The van der Waals surface area contributed by atoms with E-state index in [2.05, 4.69) is 27.4 Å². The molecule has 2 heterocycles. The summed E-state index contributed by atoms with van der Waals surface area (Å²) < 4.78 is 5.59. The maximum Gasteiger partial charge on any atom is 0.240 e. The number of aryl methyl sites for hydroxylation is 2. The van der Waals surface area contributed by atoms with Crippen LogP contribution in [-0.4, -0.2) is 21.7 Å². The molecule has 0 saturated heterocycles. The molecule has 0 spiro atoms. The lowest BCUT2D eigenvalue weighted by Crippen LogP contribution is -2.15. The van der Waals surface area contributed by atoms with Gasteiger partial charge in [-0.05, 0) is 32.4 Å². The van der Waals surface area contributed by atoms with Crippen molar-refractivity contribution in [3.05, 3.63) is 35.2 Å². The van der Waals surface area contributed by atoms with E-state index in [1.165, 1.54) is 5.56 Å². The zero-order valence-electron chi connectivity index (χ0n) is 11.7. The van der Waals surface area contributed by atoms with Gasteiger partial charge < -0.3 is 10.1 Å². The molecule has 19 heavy (non-hydrogen) atoms. The quantitative estimate of drug-likeness (QED) is 0.784. The summed E-state index contributed by atoms with van der Waals surface area (Å²) in [6.07, 6.45) is 1.13. The fourth-order valence-corrected chi connectivity index (χ4v) is 1.76. The van der Waals surface area contributed by atoms with Crippen LogP contribution < -0.4 is 10.1 Å². The monoisotopic (exact) mass is 260 g/mol. The molecule has 2 aromatic heterocycles. The molecule has 2 N–H and O–H groups in total. The molecule has 0 atom stereocenters. The summed E-state index contributed by atoms with van der Waals surface area (Å²) in [6, 6.07) is 5.76. The molecule has 2 rings (SSSR count). The second kappa shape index (κ2) is 6.33. The van der Waals surface area contributed by atoms with E-state index in [-0.39, 0.29) is 0 Å². The maximum absolute atomic E-state index is 5.59. The third-order valence-corrected chi connectivity index (χ3v) is 2.80. The number of hydrogen-bond acceptors (Lipinski definition) is 4. The van der Waals surface area contributed by atoms with Crippen molar-refractivity contribution in [1.29, 1.82) is 0 Å². The largest absolute Gasteiger partial charge is 0.419 e. The minimum atomic E-state index is 0.543. The van der Waals surface area contributed by atoms with E-state index in [9.17, 15) is 0 Å². The third kappa shape index (κ3) is 3.79. The minimum Gasteiger partial charge on any atom is -0.419 e. The number of nitrogens with one attached hydrogen (secondary N) is 2. The number of hydrogen-bond donors (Lipinski definition) is 2. The summed E-state index contributed by atoms with van der Waals surface area (Å²) in [5.74, 6) is 1.12. The van der Waals surface area contributed by atoms with Gasteiger partial charge in [-0.25, -0.2) is 4.98 Å². The van der Waals surface area contributed by atoms with Crippen LogP contribution in [0.3, 0.4) is 0 Å². The summed E-state index contributed by atoms with van der Waals surface area (Å²) in [7, 11) is 0. The Morgan fingerprint density at radius 3 is 2.74 bits per heavy atom. The number of aromatic nitrogens is 3. The van der Waals surface area contributed by atoms with Crippen molar-refractivity contribution in [1.82, 2.24) is 20.5 Å². The van der Waals surface area contributed by atoms with Crippen molar-refractivity contribution in [3.8, 4) is 11.8 Å². The first kappa shape index (κ1) is 13.5. The normalized spacial score (nSPS) is 10.7. The summed E-state index contributed by atoms with van der Waals surface area (Å²) in [5.41, 5.74) is 3.14. The maximum atomic E-state index is 5.59. The average molecular weight is 260 g/mol. The Bertz CT molecular complexity index is 536. The number of aromatic amines is 1. The van der Waals surface area contributed by atoms with Gasteiger partial charge >= 0.3 is 0 Å². The number of rotatable bonds is 6. The second-order valence-corrected chi connectivity index (χ2v) is 4.56. The van der Waals surface area contributed by atoms with Gasteiger partial charge in [0.05, 0.1) is 0 Å². The molecule has 2 aromatic rings. The van der Waals surface area contributed by atoms with Crippen molar-refractivity contribution >= 4 is 0 Å². The van der Waals surface area contributed by atoms with E-state index in [0.717, 1.165) is 30.9 Å². The van der Waals surface area contributed by atoms with Crippen molar-refractivity contribution in [2.24, 2.45) is 0 Å². The van der Waals surface area contributed by atoms with E-state index >= 15 is 0 Å². The Labute approximate surface area is 113 Å². The van der Waals surface area contributed by atoms with Crippen LogP contribution in [0, 0.1) is 13.8 Å². The van der Waals surface area contributed by atoms with Gasteiger partial charge in [-0.2, -0.15) is 0 Å². The highest BCUT2D eigenvalue weighted by Crippen LogP contribution is 2.19. The highest BCUT2D eigenvalue weighted by Gasteiger charge is 2.05. The highest BCUT2D eigenvalue weighted by atomic mass is 16.5. The van der Waals surface area contributed by atoms with Gasteiger partial charge in [0.1, 0.15) is 0 Å². The zero-order valence-corrected chi connectivity index (χ0v) is 11.7. The fourth-order valence-electron chi connectivity index (χ4n) is 1.76. The molecule has 102 valence electrons. The minimum absolute atomic E-state index is 0.543. The van der Waals surface area contributed by atoms with E-state index in [4.69, 9.17) is 4.74 Å². The van der Waals surface area contributed by atoms with Gasteiger partial charge in [-0.3, -0.25) is 5.10 Å². The van der Waals surface area contributed by atoms with Crippen LogP contribution in [0.25, 0.3) is 0 Å². The van der Waals surface area contributed by atoms with Gasteiger partial charge in [0.25, 0.3) is 0 Å². The first-order chi connectivity index (χ1) is 9.19. The predicted octanol–water partition coefficient (Wildman–Crippen LogP) is 2.71.